The SMILES string of the molecule is CCCCCCCCCCCCCCCCCCCC(=O)OC1CC(C)(C)N(OCC(C)(C)OC)C(C)(C)C1. The molecular weight excluding hydrogens is 486 g/mol. The highest BCUT2D eigenvalue weighted by atomic mass is 16.7. The average Bonchev–Trinajstić information content (AvgIpc) is 2.84. The molecule has 232 valence electrons. The smallest absolute Gasteiger partial charge is 0.306 e. The number of hydrogen-bond donors (Lipinski definition) is 0. The summed E-state index contributed by atoms with van der Waals surface area (Å²) in [7, 11) is 1.71. The summed E-state index contributed by atoms with van der Waals surface area (Å²) < 4.78 is 11.5. The van der Waals surface area contributed by atoms with E-state index in [9.17, 15) is 4.79 Å². The van der Waals surface area contributed by atoms with E-state index in [1.807, 2.05) is 13.8 Å². The Morgan fingerprint density at radius 2 is 1.10 bits per heavy atom. The first-order chi connectivity index (χ1) is 18.4. The number of esters is 1. The Bertz CT molecular complexity index is 613. The Balaban J connectivity index is 2.08. The summed E-state index contributed by atoms with van der Waals surface area (Å²) in [5.74, 6) is -0.0394. The van der Waals surface area contributed by atoms with Crippen molar-refractivity contribution in [2.75, 3.05) is 13.7 Å². The van der Waals surface area contributed by atoms with Crippen LogP contribution in [0.4, 0.5) is 0 Å². The second-order valence-corrected chi connectivity index (χ2v) is 14.1. The Labute approximate surface area is 243 Å². The molecule has 0 atom stereocenters. The summed E-state index contributed by atoms with van der Waals surface area (Å²) in [5, 5.41) is 2.10. The van der Waals surface area contributed by atoms with E-state index in [4.69, 9.17) is 14.3 Å². The summed E-state index contributed by atoms with van der Waals surface area (Å²) in [5.41, 5.74) is -0.809. The molecule has 39 heavy (non-hydrogen) atoms. The van der Waals surface area contributed by atoms with Gasteiger partial charge in [0.1, 0.15) is 6.10 Å². The van der Waals surface area contributed by atoms with E-state index in [2.05, 4.69) is 39.7 Å². The van der Waals surface area contributed by atoms with Gasteiger partial charge in [-0.1, -0.05) is 110 Å². The summed E-state index contributed by atoms with van der Waals surface area (Å²) in [6.45, 7) is 15.5. The minimum absolute atomic E-state index is 0.0394. The zero-order valence-electron chi connectivity index (χ0n) is 27.5. The monoisotopic (exact) mass is 554 g/mol. The summed E-state index contributed by atoms with van der Waals surface area (Å²) in [6.07, 6.45) is 24.9. The lowest BCUT2D eigenvalue weighted by Crippen LogP contribution is -2.62. The third-order valence-corrected chi connectivity index (χ3v) is 8.43. The molecule has 1 aliphatic rings. The number of unbranched alkanes of at least 4 members (excludes halogenated alkanes) is 16. The van der Waals surface area contributed by atoms with Crippen LogP contribution in [0.15, 0.2) is 0 Å². The van der Waals surface area contributed by atoms with Crippen LogP contribution in [0.3, 0.4) is 0 Å². The molecule has 1 rings (SSSR count). The molecule has 0 amide bonds. The predicted molar refractivity (Wildman–Crippen MR) is 165 cm³/mol. The molecule has 0 saturated carbocycles. The van der Waals surface area contributed by atoms with Crippen LogP contribution < -0.4 is 0 Å². The molecule has 1 saturated heterocycles. The number of methoxy groups -OCH3 is 1. The number of rotatable bonds is 23. The Kier molecular flexibility index (Phi) is 18.2. The molecule has 1 heterocycles. The number of carbonyl (C=O) groups excluding carboxylic acids is 1. The number of hydroxylamine groups is 2. The Morgan fingerprint density at radius 3 is 1.49 bits per heavy atom. The van der Waals surface area contributed by atoms with Gasteiger partial charge < -0.3 is 9.47 Å². The van der Waals surface area contributed by atoms with Crippen molar-refractivity contribution >= 4 is 5.97 Å². The third-order valence-electron chi connectivity index (χ3n) is 8.43. The van der Waals surface area contributed by atoms with Crippen molar-refractivity contribution < 1.29 is 19.1 Å². The molecule has 1 aliphatic heterocycles. The maximum atomic E-state index is 12.6. The van der Waals surface area contributed by atoms with Crippen LogP contribution in [0.25, 0.3) is 0 Å². The van der Waals surface area contributed by atoms with Crippen molar-refractivity contribution in [2.45, 2.75) is 200 Å². The highest BCUT2D eigenvalue weighted by Crippen LogP contribution is 2.40. The fraction of sp³-hybridized carbons (Fsp3) is 0.971. The molecule has 0 aromatic rings. The summed E-state index contributed by atoms with van der Waals surface area (Å²) >= 11 is 0. The van der Waals surface area contributed by atoms with Crippen LogP contribution in [0.2, 0.25) is 0 Å². The van der Waals surface area contributed by atoms with Crippen molar-refractivity contribution in [2.24, 2.45) is 0 Å². The second-order valence-electron chi connectivity index (χ2n) is 14.1. The van der Waals surface area contributed by atoms with E-state index in [1.54, 1.807) is 7.11 Å². The molecular formula is C34H67NO4. The van der Waals surface area contributed by atoms with Gasteiger partial charge in [0.05, 0.1) is 12.2 Å². The van der Waals surface area contributed by atoms with Crippen LogP contribution in [0, 0.1) is 0 Å². The lowest BCUT2D eigenvalue weighted by atomic mass is 9.80. The number of hydrogen-bond acceptors (Lipinski definition) is 5. The van der Waals surface area contributed by atoms with E-state index in [0.717, 1.165) is 25.7 Å². The molecule has 5 nitrogen and oxygen atoms in total. The predicted octanol–water partition coefficient (Wildman–Crippen LogP) is 9.95. The van der Waals surface area contributed by atoms with Gasteiger partial charge in [0, 0.05) is 37.5 Å². The first kappa shape index (κ1) is 36.4. The van der Waals surface area contributed by atoms with Gasteiger partial charge in [0.2, 0.25) is 0 Å². The first-order valence-corrected chi connectivity index (χ1v) is 16.6. The fourth-order valence-electron chi connectivity index (χ4n) is 6.12. The van der Waals surface area contributed by atoms with E-state index < -0.39 is 0 Å². The number of piperidine rings is 1. The molecule has 0 N–H and O–H groups in total. The minimum Gasteiger partial charge on any atom is -0.462 e. The second kappa shape index (κ2) is 19.5. The van der Waals surface area contributed by atoms with Crippen molar-refractivity contribution in [1.29, 1.82) is 0 Å². The van der Waals surface area contributed by atoms with Gasteiger partial charge in [-0.3, -0.25) is 9.63 Å². The zero-order chi connectivity index (χ0) is 29.2. The topological polar surface area (TPSA) is 48.0 Å². The van der Waals surface area contributed by atoms with E-state index in [0.29, 0.717) is 13.0 Å². The van der Waals surface area contributed by atoms with E-state index in [1.165, 1.54) is 96.3 Å². The third kappa shape index (κ3) is 16.4. The molecule has 0 radical (unpaired) electrons. The Morgan fingerprint density at radius 1 is 0.718 bits per heavy atom. The van der Waals surface area contributed by atoms with Gasteiger partial charge >= 0.3 is 5.97 Å². The first-order valence-electron chi connectivity index (χ1n) is 16.6. The lowest BCUT2D eigenvalue weighted by molar-refractivity contribution is -0.308. The Hall–Kier alpha value is -0.650. The largest absolute Gasteiger partial charge is 0.462 e. The van der Waals surface area contributed by atoms with E-state index in [-0.39, 0.29) is 28.8 Å². The zero-order valence-corrected chi connectivity index (χ0v) is 27.5. The summed E-state index contributed by atoms with van der Waals surface area (Å²) in [4.78, 5) is 18.8. The van der Waals surface area contributed by atoms with Crippen molar-refractivity contribution in [3.05, 3.63) is 0 Å². The number of ether oxygens (including phenoxy) is 2. The molecule has 0 aliphatic carbocycles. The highest BCUT2D eigenvalue weighted by molar-refractivity contribution is 5.69. The average molecular weight is 554 g/mol. The van der Waals surface area contributed by atoms with E-state index >= 15 is 0 Å². The van der Waals surface area contributed by atoms with Crippen LogP contribution in [-0.2, 0) is 19.1 Å². The van der Waals surface area contributed by atoms with Crippen molar-refractivity contribution in [3.63, 3.8) is 0 Å². The lowest BCUT2D eigenvalue weighted by Gasteiger charge is -2.53. The van der Waals surface area contributed by atoms with Gasteiger partial charge in [-0.15, -0.1) is 0 Å². The number of carbonyl (C=O) groups is 1. The van der Waals surface area contributed by atoms with Crippen LogP contribution >= 0.6 is 0 Å². The molecule has 0 unspecified atom stereocenters. The molecule has 0 spiro atoms. The van der Waals surface area contributed by atoms with Gasteiger partial charge in [0.25, 0.3) is 0 Å². The molecule has 0 aromatic carbocycles. The minimum atomic E-state index is -0.345. The maximum absolute atomic E-state index is 12.6. The van der Waals surface area contributed by atoms with Crippen molar-refractivity contribution in [3.8, 4) is 0 Å². The molecule has 0 aromatic heterocycles. The van der Waals surface area contributed by atoms with Crippen LogP contribution in [0.1, 0.15) is 177 Å². The van der Waals surface area contributed by atoms with Gasteiger partial charge in [-0.2, -0.15) is 5.06 Å². The number of nitrogens with zero attached hydrogens (tertiary/aromatic N) is 1. The van der Waals surface area contributed by atoms with Gasteiger partial charge in [-0.25, -0.2) is 0 Å². The molecule has 1 fully saturated rings. The quantitative estimate of drug-likeness (QED) is 0.0930. The molecule has 0 bridgehead atoms. The van der Waals surface area contributed by atoms with Crippen LogP contribution in [-0.4, -0.2) is 47.5 Å². The highest BCUT2D eigenvalue weighted by Gasteiger charge is 2.48. The van der Waals surface area contributed by atoms with Gasteiger partial charge in [0.15, 0.2) is 0 Å². The summed E-state index contributed by atoms with van der Waals surface area (Å²) in [6, 6.07) is 0. The van der Waals surface area contributed by atoms with Crippen molar-refractivity contribution in [1.82, 2.24) is 5.06 Å². The fourth-order valence-corrected chi connectivity index (χ4v) is 6.12. The molecule has 5 heteroatoms. The van der Waals surface area contributed by atoms with Crippen LogP contribution in [0.5, 0.6) is 0 Å². The normalized spacial score (nSPS) is 17.9. The standard InChI is InChI=1S/C34H67NO4/c1-9-10-11-12-13-14-15-16-17-18-19-20-21-22-23-24-25-26-31(36)39-30-27-32(2,3)35(33(4,5)28-30)38-29-34(6,7)37-8/h30H,9-29H2,1-8H3. The van der Waals surface area contributed by atoms with Gasteiger partial charge in [-0.05, 0) is 48.0 Å². The maximum Gasteiger partial charge on any atom is 0.306 e.